The number of aromatic nitrogens is 1. The topological polar surface area (TPSA) is 94.1 Å². The minimum absolute atomic E-state index is 0.0375. The molecule has 1 heterocycles. The Morgan fingerprint density at radius 1 is 1.47 bits per heavy atom. The SMILES string of the molecule is CCC(CC)CNc1cc([N+](=O)[O-])cc(N)n1. The minimum Gasteiger partial charge on any atom is -0.383 e. The number of nitrogens with zero attached hydrogens (tertiary/aromatic N) is 2. The Bertz CT molecular complexity index is 391. The summed E-state index contributed by atoms with van der Waals surface area (Å²) in [6.07, 6.45) is 2.13. The third kappa shape index (κ3) is 3.90. The van der Waals surface area contributed by atoms with Gasteiger partial charge in [0.1, 0.15) is 11.6 Å². The lowest BCUT2D eigenvalue weighted by Gasteiger charge is -2.13. The van der Waals surface area contributed by atoms with Crippen molar-refractivity contribution in [3.8, 4) is 0 Å². The van der Waals surface area contributed by atoms with Gasteiger partial charge in [0.2, 0.25) is 0 Å². The van der Waals surface area contributed by atoms with Crippen LogP contribution in [0.5, 0.6) is 0 Å². The summed E-state index contributed by atoms with van der Waals surface area (Å²) in [5.41, 5.74) is 5.48. The molecule has 0 aliphatic carbocycles. The van der Waals surface area contributed by atoms with Crippen LogP contribution < -0.4 is 11.1 Å². The molecule has 0 saturated carbocycles. The third-order valence-electron chi connectivity index (χ3n) is 2.77. The van der Waals surface area contributed by atoms with Gasteiger partial charge in [-0.1, -0.05) is 26.7 Å². The van der Waals surface area contributed by atoms with Crippen molar-refractivity contribution in [1.29, 1.82) is 0 Å². The molecule has 0 radical (unpaired) electrons. The molecule has 6 heteroatoms. The first-order valence-electron chi connectivity index (χ1n) is 5.72. The van der Waals surface area contributed by atoms with Gasteiger partial charge in [-0.2, -0.15) is 0 Å². The lowest BCUT2D eigenvalue weighted by Crippen LogP contribution is -2.14. The Morgan fingerprint density at radius 3 is 2.65 bits per heavy atom. The van der Waals surface area contributed by atoms with Crippen molar-refractivity contribution in [2.75, 3.05) is 17.6 Å². The second-order valence-electron chi connectivity index (χ2n) is 3.96. The molecule has 94 valence electrons. The van der Waals surface area contributed by atoms with Gasteiger partial charge in [-0.3, -0.25) is 10.1 Å². The summed E-state index contributed by atoms with van der Waals surface area (Å²) in [5, 5.41) is 13.7. The number of anilines is 2. The number of hydrogen-bond acceptors (Lipinski definition) is 5. The molecule has 0 atom stereocenters. The molecule has 0 amide bonds. The highest BCUT2D eigenvalue weighted by Gasteiger charge is 2.10. The highest BCUT2D eigenvalue weighted by atomic mass is 16.6. The molecule has 1 aromatic heterocycles. The molecule has 1 aromatic rings. The number of nitrogens with two attached hydrogens (primary N) is 1. The summed E-state index contributed by atoms with van der Waals surface area (Å²) in [4.78, 5) is 14.2. The fourth-order valence-corrected chi connectivity index (χ4v) is 1.56. The van der Waals surface area contributed by atoms with Crippen molar-refractivity contribution in [3.63, 3.8) is 0 Å². The van der Waals surface area contributed by atoms with Crippen LogP contribution in [0.25, 0.3) is 0 Å². The molecule has 3 N–H and O–H groups in total. The van der Waals surface area contributed by atoms with Crippen LogP contribution in [0, 0.1) is 16.0 Å². The van der Waals surface area contributed by atoms with E-state index in [2.05, 4.69) is 24.1 Å². The molecule has 17 heavy (non-hydrogen) atoms. The second kappa shape index (κ2) is 6.03. The van der Waals surface area contributed by atoms with Crippen molar-refractivity contribution in [3.05, 3.63) is 22.2 Å². The van der Waals surface area contributed by atoms with Gasteiger partial charge >= 0.3 is 0 Å². The molecule has 0 aliphatic rings. The van der Waals surface area contributed by atoms with Gasteiger partial charge in [0, 0.05) is 6.54 Å². The normalized spacial score (nSPS) is 10.5. The van der Waals surface area contributed by atoms with Gasteiger partial charge in [-0.25, -0.2) is 4.98 Å². The zero-order valence-electron chi connectivity index (χ0n) is 10.1. The first-order valence-corrected chi connectivity index (χ1v) is 5.72. The number of nitrogens with one attached hydrogen (secondary N) is 1. The number of nitrogen functional groups attached to an aromatic ring is 1. The fraction of sp³-hybridized carbons (Fsp3) is 0.545. The second-order valence-corrected chi connectivity index (χ2v) is 3.96. The predicted octanol–water partition coefficient (Wildman–Crippen LogP) is 2.42. The molecule has 0 aliphatic heterocycles. The summed E-state index contributed by atoms with van der Waals surface area (Å²) in [6.45, 7) is 4.98. The van der Waals surface area contributed by atoms with Crippen LogP contribution in [0.2, 0.25) is 0 Å². The maximum atomic E-state index is 10.7. The van der Waals surface area contributed by atoms with Crippen molar-refractivity contribution in [1.82, 2.24) is 4.98 Å². The van der Waals surface area contributed by atoms with Crippen molar-refractivity contribution >= 4 is 17.3 Å². The maximum Gasteiger partial charge on any atom is 0.276 e. The summed E-state index contributed by atoms with van der Waals surface area (Å²) in [5.74, 6) is 1.16. The first kappa shape index (κ1) is 13.2. The lowest BCUT2D eigenvalue weighted by molar-refractivity contribution is -0.384. The van der Waals surface area contributed by atoms with Gasteiger partial charge in [0.05, 0.1) is 17.1 Å². The van der Waals surface area contributed by atoms with Crippen LogP contribution in [-0.2, 0) is 0 Å². The minimum atomic E-state index is -0.472. The van der Waals surface area contributed by atoms with Crippen LogP contribution in [0.4, 0.5) is 17.3 Å². The Hall–Kier alpha value is -1.85. The van der Waals surface area contributed by atoms with E-state index in [0.717, 1.165) is 19.4 Å². The van der Waals surface area contributed by atoms with E-state index >= 15 is 0 Å². The monoisotopic (exact) mass is 238 g/mol. The standard InChI is InChI=1S/C11H18N4O2/c1-3-8(4-2)7-13-11-6-9(15(16)17)5-10(12)14-11/h5-6,8H,3-4,7H2,1-2H3,(H3,12,13,14). The first-order chi connectivity index (χ1) is 8.06. The van der Waals surface area contributed by atoms with E-state index < -0.39 is 4.92 Å². The lowest BCUT2D eigenvalue weighted by atomic mass is 10.0. The van der Waals surface area contributed by atoms with Crippen LogP contribution in [0.3, 0.4) is 0 Å². The van der Waals surface area contributed by atoms with Gasteiger partial charge in [-0.15, -0.1) is 0 Å². The van der Waals surface area contributed by atoms with E-state index in [9.17, 15) is 10.1 Å². The predicted molar refractivity (Wildman–Crippen MR) is 67.9 cm³/mol. The van der Waals surface area contributed by atoms with Crippen LogP contribution in [-0.4, -0.2) is 16.5 Å². The highest BCUT2D eigenvalue weighted by Crippen LogP contribution is 2.19. The third-order valence-corrected chi connectivity index (χ3v) is 2.77. The summed E-state index contributed by atoms with van der Waals surface area (Å²) >= 11 is 0. The van der Waals surface area contributed by atoms with E-state index in [4.69, 9.17) is 5.73 Å². The molecular formula is C11H18N4O2. The fourth-order valence-electron chi connectivity index (χ4n) is 1.56. The van der Waals surface area contributed by atoms with Crippen molar-refractivity contribution in [2.24, 2.45) is 5.92 Å². The van der Waals surface area contributed by atoms with Gasteiger partial charge in [-0.05, 0) is 5.92 Å². The smallest absolute Gasteiger partial charge is 0.276 e. The zero-order valence-corrected chi connectivity index (χ0v) is 10.1. The quantitative estimate of drug-likeness (QED) is 0.586. The molecule has 0 saturated heterocycles. The van der Waals surface area contributed by atoms with Gasteiger partial charge in [0.25, 0.3) is 5.69 Å². The van der Waals surface area contributed by atoms with E-state index in [1.54, 1.807) is 0 Å². The molecule has 0 spiro atoms. The molecule has 0 unspecified atom stereocenters. The molecule has 0 fully saturated rings. The zero-order chi connectivity index (χ0) is 12.8. The summed E-state index contributed by atoms with van der Waals surface area (Å²) < 4.78 is 0. The summed E-state index contributed by atoms with van der Waals surface area (Å²) in [7, 11) is 0. The Kier molecular flexibility index (Phi) is 4.68. The Morgan fingerprint density at radius 2 is 2.12 bits per heavy atom. The van der Waals surface area contributed by atoms with E-state index in [0.29, 0.717) is 11.7 Å². The largest absolute Gasteiger partial charge is 0.383 e. The van der Waals surface area contributed by atoms with Gasteiger partial charge < -0.3 is 11.1 Å². The average Bonchev–Trinajstić information content (AvgIpc) is 2.29. The molecule has 0 aromatic carbocycles. The van der Waals surface area contributed by atoms with Crippen molar-refractivity contribution in [2.45, 2.75) is 26.7 Å². The van der Waals surface area contributed by atoms with E-state index in [1.165, 1.54) is 12.1 Å². The van der Waals surface area contributed by atoms with Gasteiger partial charge in [0.15, 0.2) is 0 Å². The Labute approximate surface area is 100 Å². The van der Waals surface area contributed by atoms with E-state index in [1.807, 2.05) is 0 Å². The number of nitro groups is 1. The van der Waals surface area contributed by atoms with Crippen LogP contribution >= 0.6 is 0 Å². The molecule has 6 nitrogen and oxygen atoms in total. The van der Waals surface area contributed by atoms with Crippen LogP contribution in [0.15, 0.2) is 12.1 Å². The number of pyridine rings is 1. The van der Waals surface area contributed by atoms with E-state index in [-0.39, 0.29) is 11.5 Å². The maximum absolute atomic E-state index is 10.7. The summed E-state index contributed by atoms with van der Waals surface area (Å²) in [6, 6.07) is 2.65. The average molecular weight is 238 g/mol. The van der Waals surface area contributed by atoms with Crippen molar-refractivity contribution < 1.29 is 4.92 Å². The Balaban J connectivity index is 2.74. The number of rotatable bonds is 6. The molecule has 0 bridgehead atoms. The molecule has 1 rings (SSSR count). The number of hydrogen-bond donors (Lipinski definition) is 2. The highest BCUT2D eigenvalue weighted by molar-refractivity contribution is 5.52. The van der Waals surface area contributed by atoms with Crippen LogP contribution in [0.1, 0.15) is 26.7 Å². The molecular weight excluding hydrogens is 220 g/mol.